The van der Waals surface area contributed by atoms with Crippen molar-refractivity contribution < 1.29 is 9.47 Å². The monoisotopic (exact) mass is 575 g/mol. The molecule has 0 saturated carbocycles. The number of hydrogen-bond acceptors (Lipinski definition) is 7. The third-order valence-electron chi connectivity index (χ3n) is 7.18. The van der Waals surface area contributed by atoms with Crippen LogP contribution in [0.1, 0.15) is 96.8 Å². The van der Waals surface area contributed by atoms with E-state index < -0.39 is 0 Å². The van der Waals surface area contributed by atoms with E-state index >= 15 is 0 Å². The van der Waals surface area contributed by atoms with Gasteiger partial charge < -0.3 is 15.2 Å². The highest BCUT2D eigenvalue weighted by Crippen LogP contribution is 2.23. The molecule has 0 aliphatic rings. The van der Waals surface area contributed by atoms with Gasteiger partial charge in [-0.05, 0) is 73.9 Å². The van der Waals surface area contributed by atoms with E-state index in [0.717, 1.165) is 61.8 Å². The highest BCUT2D eigenvalue weighted by molar-refractivity contribution is 5.44. The van der Waals surface area contributed by atoms with Crippen molar-refractivity contribution >= 4 is 17.2 Å². The SMILES string of the molecule is CCCCCCCCOc1ccc(N=Nc2ccc(OCCCCCCCCCCn3ccc(N)nc3=O)cc2)cc1. The predicted molar refractivity (Wildman–Crippen MR) is 171 cm³/mol. The number of rotatable bonds is 22. The molecule has 0 bridgehead atoms. The van der Waals surface area contributed by atoms with Crippen LogP contribution in [0, 0.1) is 0 Å². The van der Waals surface area contributed by atoms with E-state index in [1.807, 2.05) is 48.5 Å². The Morgan fingerprint density at radius 3 is 1.57 bits per heavy atom. The zero-order chi connectivity index (χ0) is 29.7. The van der Waals surface area contributed by atoms with Gasteiger partial charge in [0.1, 0.15) is 17.3 Å². The highest BCUT2D eigenvalue weighted by atomic mass is 16.5. The molecule has 0 fully saturated rings. The zero-order valence-electron chi connectivity index (χ0n) is 25.4. The van der Waals surface area contributed by atoms with Gasteiger partial charge in [-0.15, -0.1) is 0 Å². The van der Waals surface area contributed by atoms with Gasteiger partial charge in [-0.25, -0.2) is 4.79 Å². The number of aromatic nitrogens is 2. The van der Waals surface area contributed by atoms with Gasteiger partial charge in [0.2, 0.25) is 0 Å². The van der Waals surface area contributed by atoms with E-state index in [0.29, 0.717) is 6.54 Å². The topological polar surface area (TPSA) is 104 Å². The molecule has 2 aromatic carbocycles. The molecule has 0 atom stereocenters. The summed E-state index contributed by atoms with van der Waals surface area (Å²) in [5.41, 5.74) is 6.86. The number of anilines is 1. The maximum Gasteiger partial charge on any atom is 0.349 e. The Balaban J connectivity index is 1.19. The van der Waals surface area contributed by atoms with Crippen molar-refractivity contribution in [1.82, 2.24) is 9.55 Å². The Morgan fingerprint density at radius 1 is 0.643 bits per heavy atom. The van der Waals surface area contributed by atoms with Gasteiger partial charge >= 0.3 is 5.69 Å². The molecular formula is C34H49N5O3. The fourth-order valence-corrected chi connectivity index (χ4v) is 4.65. The summed E-state index contributed by atoms with van der Waals surface area (Å²) in [6.45, 7) is 4.43. The maximum atomic E-state index is 11.7. The quantitative estimate of drug-likeness (QED) is 0.0950. The third-order valence-corrected chi connectivity index (χ3v) is 7.18. The molecule has 8 heteroatoms. The molecule has 0 aliphatic carbocycles. The van der Waals surface area contributed by atoms with E-state index in [4.69, 9.17) is 15.2 Å². The summed E-state index contributed by atoms with van der Waals surface area (Å²) in [5.74, 6) is 2.01. The first kappa shape index (κ1) is 32.8. The molecule has 1 aromatic heterocycles. The van der Waals surface area contributed by atoms with Gasteiger partial charge in [0.15, 0.2) is 0 Å². The van der Waals surface area contributed by atoms with Gasteiger partial charge in [0.05, 0.1) is 24.6 Å². The molecule has 2 N–H and O–H groups in total. The molecule has 228 valence electrons. The molecule has 0 unspecified atom stereocenters. The van der Waals surface area contributed by atoms with Crippen LogP contribution in [0.3, 0.4) is 0 Å². The Labute approximate surface area is 251 Å². The first-order valence-corrected chi connectivity index (χ1v) is 15.8. The van der Waals surface area contributed by atoms with Gasteiger partial charge in [-0.1, -0.05) is 77.6 Å². The van der Waals surface area contributed by atoms with Crippen LogP contribution in [0.5, 0.6) is 11.5 Å². The summed E-state index contributed by atoms with van der Waals surface area (Å²) in [5, 5.41) is 8.68. The third kappa shape index (κ3) is 13.8. The summed E-state index contributed by atoms with van der Waals surface area (Å²) in [6.07, 6.45) is 18.5. The molecule has 1 heterocycles. The van der Waals surface area contributed by atoms with Crippen molar-refractivity contribution in [2.24, 2.45) is 10.2 Å². The van der Waals surface area contributed by atoms with Crippen LogP contribution in [0.2, 0.25) is 0 Å². The van der Waals surface area contributed by atoms with Crippen LogP contribution in [0.25, 0.3) is 0 Å². The molecule has 0 radical (unpaired) electrons. The van der Waals surface area contributed by atoms with Crippen molar-refractivity contribution in [3.05, 3.63) is 71.3 Å². The standard InChI is InChI=1S/C34H49N5O3/c1-2-3-4-5-11-14-27-41-31-20-16-29(17-21-31)37-38-30-18-22-32(23-19-30)42-28-15-12-9-7-6-8-10-13-25-39-26-24-33(35)36-34(39)40/h16-24,26H,2-15,25,27-28H2,1H3,(H2,35,36,40). The predicted octanol–water partition coefficient (Wildman–Crippen LogP) is 9.18. The van der Waals surface area contributed by atoms with Gasteiger partial charge in [-0.2, -0.15) is 15.2 Å². The number of azo groups is 1. The summed E-state index contributed by atoms with van der Waals surface area (Å²) in [6, 6.07) is 17.2. The fraction of sp³-hybridized carbons (Fsp3) is 0.529. The smallest absolute Gasteiger partial charge is 0.349 e. The van der Waals surface area contributed by atoms with Gasteiger partial charge in [0, 0.05) is 12.7 Å². The number of nitrogens with zero attached hydrogens (tertiary/aromatic N) is 4. The average molecular weight is 576 g/mol. The molecule has 0 saturated heterocycles. The van der Waals surface area contributed by atoms with E-state index in [1.54, 1.807) is 16.8 Å². The lowest BCUT2D eigenvalue weighted by molar-refractivity contribution is 0.304. The van der Waals surface area contributed by atoms with E-state index in [9.17, 15) is 4.79 Å². The van der Waals surface area contributed by atoms with Crippen molar-refractivity contribution in [3.63, 3.8) is 0 Å². The minimum absolute atomic E-state index is 0.264. The van der Waals surface area contributed by atoms with Crippen LogP contribution >= 0.6 is 0 Å². The number of hydrogen-bond donors (Lipinski definition) is 1. The lowest BCUT2D eigenvalue weighted by Gasteiger charge is -2.07. The number of aryl methyl sites for hydroxylation is 1. The largest absolute Gasteiger partial charge is 0.494 e. The number of nitrogens with two attached hydrogens (primary N) is 1. The van der Waals surface area contributed by atoms with Crippen molar-refractivity contribution in [1.29, 1.82) is 0 Å². The number of nitrogen functional groups attached to an aromatic ring is 1. The van der Waals surface area contributed by atoms with Crippen LogP contribution in [-0.4, -0.2) is 22.8 Å². The molecule has 42 heavy (non-hydrogen) atoms. The second kappa shape index (κ2) is 20.2. The minimum Gasteiger partial charge on any atom is -0.494 e. The average Bonchev–Trinajstić information content (AvgIpc) is 3.00. The molecule has 3 rings (SSSR count). The van der Waals surface area contributed by atoms with Crippen LogP contribution in [0.15, 0.2) is 75.8 Å². The second-order valence-corrected chi connectivity index (χ2v) is 10.8. The van der Waals surface area contributed by atoms with Crippen LogP contribution in [0.4, 0.5) is 17.2 Å². The maximum absolute atomic E-state index is 11.7. The van der Waals surface area contributed by atoms with E-state index in [-0.39, 0.29) is 11.5 Å². The number of ether oxygens (including phenoxy) is 2. The molecule has 3 aromatic rings. The van der Waals surface area contributed by atoms with E-state index in [2.05, 4.69) is 22.1 Å². The summed E-state index contributed by atoms with van der Waals surface area (Å²) in [7, 11) is 0. The zero-order valence-corrected chi connectivity index (χ0v) is 25.4. The fourth-order valence-electron chi connectivity index (χ4n) is 4.65. The summed E-state index contributed by atoms with van der Waals surface area (Å²) < 4.78 is 13.4. The summed E-state index contributed by atoms with van der Waals surface area (Å²) in [4.78, 5) is 15.5. The van der Waals surface area contributed by atoms with E-state index in [1.165, 1.54) is 64.2 Å². The Hall–Kier alpha value is -3.68. The molecule has 8 nitrogen and oxygen atoms in total. The second-order valence-electron chi connectivity index (χ2n) is 10.8. The lowest BCUT2D eigenvalue weighted by atomic mass is 10.1. The van der Waals surface area contributed by atoms with Crippen molar-refractivity contribution in [2.45, 2.75) is 103 Å². The first-order valence-electron chi connectivity index (χ1n) is 15.8. The molecular weight excluding hydrogens is 526 g/mol. The Morgan fingerprint density at radius 2 is 1.10 bits per heavy atom. The normalized spacial score (nSPS) is 11.3. The Kier molecular flexibility index (Phi) is 15.8. The summed E-state index contributed by atoms with van der Waals surface area (Å²) >= 11 is 0. The Bertz CT molecular complexity index is 1210. The molecule has 0 spiro atoms. The van der Waals surface area contributed by atoms with Crippen LogP contribution in [-0.2, 0) is 6.54 Å². The minimum atomic E-state index is -0.264. The molecule has 0 aliphatic heterocycles. The van der Waals surface area contributed by atoms with Gasteiger partial charge in [-0.3, -0.25) is 4.57 Å². The van der Waals surface area contributed by atoms with Crippen molar-refractivity contribution in [2.75, 3.05) is 18.9 Å². The van der Waals surface area contributed by atoms with Crippen molar-refractivity contribution in [3.8, 4) is 11.5 Å². The number of unbranched alkanes of at least 4 members (excludes halogenated alkanes) is 12. The lowest BCUT2D eigenvalue weighted by Crippen LogP contribution is -2.23. The highest BCUT2D eigenvalue weighted by Gasteiger charge is 2.00. The van der Waals surface area contributed by atoms with Gasteiger partial charge in [0.25, 0.3) is 0 Å². The number of benzene rings is 2. The van der Waals surface area contributed by atoms with Crippen LogP contribution < -0.4 is 20.9 Å². The molecule has 0 amide bonds. The first-order chi connectivity index (χ1) is 20.6.